The van der Waals surface area contributed by atoms with Crippen LogP contribution in [-0.2, 0) is 11.2 Å². The molecule has 1 aromatic carbocycles. The zero-order valence-electron chi connectivity index (χ0n) is 9.16. The summed E-state index contributed by atoms with van der Waals surface area (Å²) in [7, 11) is 0. The van der Waals surface area contributed by atoms with Crippen molar-refractivity contribution in [3.63, 3.8) is 0 Å². The topological polar surface area (TPSA) is 46.3 Å². The Morgan fingerprint density at radius 3 is 2.87 bits per heavy atom. The Labute approximate surface area is 89.9 Å². The van der Waals surface area contributed by atoms with Crippen LogP contribution in [0.3, 0.4) is 0 Å². The van der Waals surface area contributed by atoms with Gasteiger partial charge in [0.15, 0.2) is 0 Å². The molecule has 1 amide bonds. The van der Waals surface area contributed by atoms with E-state index in [4.69, 9.17) is 5.73 Å². The number of hydrogen-bond donors (Lipinski definition) is 1. The minimum absolute atomic E-state index is 0.0571. The van der Waals surface area contributed by atoms with Crippen molar-refractivity contribution in [3.8, 4) is 0 Å². The lowest BCUT2D eigenvalue weighted by Gasteiger charge is -2.15. The van der Waals surface area contributed by atoms with E-state index in [0.717, 1.165) is 24.2 Å². The van der Waals surface area contributed by atoms with Crippen molar-refractivity contribution in [2.24, 2.45) is 5.73 Å². The monoisotopic (exact) mass is 204 g/mol. The molecular weight excluding hydrogens is 188 g/mol. The Kier molecular flexibility index (Phi) is 2.49. The fourth-order valence-electron chi connectivity index (χ4n) is 2.03. The molecule has 15 heavy (non-hydrogen) atoms. The van der Waals surface area contributed by atoms with E-state index in [1.54, 1.807) is 6.92 Å². The molecule has 1 aliphatic heterocycles. The maximum absolute atomic E-state index is 11.3. The minimum atomic E-state index is 0.0571. The molecule has 1 aliphatic rings. The highest BCUT2D eigenvalue weighted by Gasteiger charge is 2.22. The van der Waals surface area contributed by atoms with Gasteiger partial charge in [0, 0.05) is 25.2 Å². The van der Waals surface area contributed by atoms with Gasteiger partial charge in [0.05, 0.1) is 0 Å². The lowest BCUT2D eigenvalue weighted by atomic mass is 10.0. The number of benzene rings is 1. The zero-order chi connectivity index (χ0) is 11.0. The largest absolute Gasteiger partial charge is 0.324 e. The summed E-state index contributed by atoms with van der Waals surface area (Å²) < 4.78 is 0. The van der Waals surface area contributed by atoms with Crippen molar-refractivity contribution < 1.29 is 4.79 Å². The van der Waals surface area contributed by atoms with Crippen LogP contribution in [0, 0.1) is 0 Å². The van der Waals surface area contributed by atoms with Gasteiger partial charge < -0.3 is 10.6 Å². The third-order valence-corrected chi connectivity index (χ3v) is 2.90. The van der Waals surface area contributed by atoms with E-state index >= 15 is 0 Å². The van der Waals surface area contributed by atoms with E-state index in [9.17, 15) is 4.79 Å². The van der Waals surface area contributed by atoms with Gasteiger partial charge in [0.2, 0.25) is 5.91 Å². The van der Waals surface area contributed by atoms with Crippen LogP contribution in [-0.4, -0.2) is 12.5 Å². The van der Waals surface area contributed by atoms with Crippen molar-refractivity contribution in [2.45, 2.75) is 26.3 Å². The zero-order valence-corrected chi connectivity index (χ0v) is 9.16. The van der Waals surface area contributed by atoms with Crippen molar-refractivity contribution in [1.82, 2.24) is 0 Å². The van der Waals surface area contributed by atoms with Crippen molar-refractivity contribution in [2.75, 3.05) is 11.4 Å². The number of carbonyl (C=O) groups is 1. The number of hydrogen-bond acceptors (Lipinski definition) is 2. The summed E-state index contributed by atoms with van der Waals surface area (Å²) in [5.74, 6) is 0.113. The Bertz CT molecular complexity index is 399. The summed E-state index contributed by atoms with van der Waals surface area (Å²) >= 11 is 0. The van der Waals surface area contributed by atoms with Gasteiger partial charge in [-0.25, -0.2) is 0 Å². The molecule has 2 rings (SSSR count). The van der Waals surface area contributed by atoms with E-state index in [1.165, 1.54) is 5.56 Å². The number of rotatable bonds is 1. The number of nitrogens with two attached hydrogens (primary N) is 1. The van der Waals surface area contributed by atoms with Crippen LogP contribution in [0.5, 0.6) is 0 Å². The predicted molar refractivity (Wildman–Crippen MR) is 60.8 cm³/mol. The average Bonchev–Trinajstić information content (AvgIpc) is 2.59. The van der Waals surface area contributed by atoms with Gasteiger partial charge in [-0.2, -0.15) is 0 Å². The normalized spacial score (nSPS) is 16.3. The van der Waals surface area contributed by atoms with Crippen LogP contribution >= 0.6 is 0 Å². The lowest BCUT2D eigenvalue weighted by Crippen LogP contribution is -2.25. The van der Waals surface area contributed by atoms with Gasteiger partial charge >= 0.3 is 0 Å². The van der Waals surface area contributed by atoms with Gasteiger partial charge in [-0.15, -0.1) is 0 Å². The van der Waals surface area contributed by atoms with Crippen LogP contribution in [0.1, 0.15) is 31.0 Å². The summed E-state index contributed by atoms with van der Waals surface area (Å²) in [5.41, 5.74) is 9.24. The van der Waals surface area contributed by atoms with E-state index in [0.29, 0.717) is 0 Å². The molecule has 1 atom stereocenters. The molecule has 0 fully saturated rings. The molecule has 0 bridgehead atoms. The SMILES string of the molecule is CC(=O)N1CCc2cc(C(C)N)ccc21. The Morgan fingerprint density at radius 2 is 2.27 bits per heavy atom. The van der Waals surface area contributed by atoms with Crippen molar-refractivity contribution in [1.29, 1.82) is 0 Å². The first-order chi connectivity index (χ1) is 7.09. The van der Waals surface area contributed by atoms with Crippen LogP contribution in [0.2, 0.25) is 0 Å². The summed E-state index contributed by atoms with van der Waals surface area (Å²) in [5, 5.41) is 0. The van der Waals surface area contributed by atoms with E-state index in [-0.39, 0.29) is 11.9 Å². The van der Waals surface area contributed by atoms with Crippen LogP contribution < -0.4 is 10.6 Å². The Morgan fingerprint density at radius 1 is 1.53 bits per heavy atom. The first-order valence-corrected chi connectivity index (χ1v) is 5.26. The molecule has 1 heterocycles. The van der Waals surface area contributed by atoms with Crippen LogP contribution in [0.15, 0.2) is 18.2 Å². The Balaban J connectivity index is 2.37. The second-order valence-electron chi connectivity index (χ2n) is 4.10. The molecule has 0 spiro atoms. The summed E-state index contributed by atoms with van der Waals surface area (Å²) in [4.78, 5) is 13.1. The van der Waals surface area contributed by atoms with Crippen LogP contribution in [0.25, 0.3) is 0 Å². The average molecular weight is 204 g/mol. The maximum atomic E-state index is 11.3. The number of anilines is 1. The molecule has 0 saturated heterocycles. The molecule has 3 nitrogen and oxygen atoms in total. The molecular formula is C12H16N2O. The first-order valence-electron chi connectivity index (χ1n) is 5.26. The van der Waals surface area contributed by atoms with Crippen molar-refractivity contribution >= 4 is 11.6 Å². The standard InChI is InChI=1S/C12H16N2O/c1-8(13)10-3-4-12-11(7-10)5-6-14(12)9(2)15/h3-4,7-8H,5-6,13H2,1-2H3. The smallest absolute Gasteiger partial charge is 0.223 e. The summed E-state index contributed by atoms with van der Waals surface area (Å²) in [6.07, 6.45) is 0.940. The second kappa shape index (κ2) is 3.66. The lowest BCUT2D eigenvalue weighted by molar-refractivity contribution is -0.116. The third kappa shape index (κ3) is 1.75. The van der Waals surface area contributed by atoms with E-state index < -0.39 is 0 Å². The molecule has 3 heteroatoms. The number of carbonyl (C=O) groups excluding carboxylic acids is 1. The fourth-order valence-corrected chi connectivity index (χ4v) is 2.03. The number of nitrogens with zero attached hydrogens (tertiary/aromatic N) is 1. The highest BCUT2D eigenvalue weighted by Crippen LogP contribution is 2.29. The molecule has 0 radical (unpaired) electrons. The highest BCUT2D eigenvalue weighted by atomic mass is 16.2. The second-order valence-corrected chi connectivity index (χ2v) is 4.10. The van der Waals surface area contributed by atoms with Gasteiger partial charge in [-0.1, -0.05) is 12.1 Å². The van der Waals surface area contributed by atoms with Gasteiger partial charge in [-0.05, 0) is 30.5 Å². The molecule has 0 saturated carbocycles. The van der Waals surface area contributed by atoms with Crippen LogP contribution in [0.4, 0.5) is 5.69 Å². The molecule has 0 aliphatic carbocycles. The summed E-state index contributed by atoms with van der Waals surface area (Å²) in [6, 6.07) is 6.18. The minimum Gasteiger partial charge on any atom is -0.324 e. The molecule has 1 unspecified atom stereocenters. The first kappa shape index (κ1) is 10.2. The quantitative estimate of drug-likeness (QED) is 0.755. The molecule has 2 N–H and O–H groups in total. The Hall–Kier alpha value is -1.35. The van der Waals surface area contributed by atoms with Crippen molar-refractivity contribution in [3.05, 3.63) is 29.3 Å². The highest BCUT2D eigenvalue weighted by molar-refractivity contribution is 5.93. The molecule has 80 valence electrons. The molecule has 1 aromatic rings. The summed E-state index contributed by atoms with van der Waals surface area (Å²) in [6.45, 7) is 4.38. The van der Waals surface area contributed by atoms with Gasteiger partial charge in [0.1, 0.15) is 0 Å². The fraction of sp³-hybridized carbons (Fsp3) is 0.417. The molecule has 0 aromatic heterocycles. The predicted octanol–water partition coefficient (Wildman–Crippen LogP) is 1.62. The third-order valence-electron chi connectivity index (χ3n) is 2.90. The van der Waals surface area contributed by atoms with Gasteiger partial charge in [-0.3, -0.25) is 4.79 Å². The number of amides is 1. The van der Waals surface area contributed by atoms with Gasteiger partial charge in [0.25, 0.3) is 0 Å². The number of fused-ring (bicyclic) bond motifs is 1. The van der Waals surface area contributed by atoms with E-state index in [2.05, 4.69) is 6.07 Å². The van der Waals surface area contributed by atoms with E-state index in [1.807, 2.05) is 24.0 Å². The maximum Gasteiger partial charge on any atom is 0.223 e.